The van der Waals surface area contributed by atoms with Gasteiger partial charge in [-0.15, -0.1) is 22.7 Å². The number of aromatic nitrogens is 1. The molecule has 0 atom stereocenters. The Kier molecular flexibility index (Phi) is 7.04. The molecule has 0 spiro atoms. The molecule has 0 saturated heterocycles. The molecule has 3 heterocycles. The van der Waals surface area contributed by atoms with Gasteiger partial charge in [-0.25, -0.2) is 4.98 Å². The molecule has 0 fully saturated rings. The minimum absolute atomic E-state index is 0.0616. The van der Waals surface area contributed by atoms with Gasteiger partial charge in [-0.05, 0) is 69.2 Å². The number of thiophene rings is 1. The van der Waals surface area contributed by atoms with Crippen LogP contribution in [0.2, 0.25) is 0 Å². The van der Waals surface area contributed by atoms with Crippen LogP contribution in [0.25, 0.3) is 20.8 Å². The lowest BCUT2D eigenvalue weighted by molar-refractivity contribution is -0.118. The summed E-state index contributed by atoms with van der Waals surface area (Å²) in [6.07, 6.45) is 0.952. The molecular formula is C27H29N3O3S2. The zero-order chi connectivity index (χ0) is 24.4. The first-order valence-corrected chi connectivity index (χ1v) is 13.5. The number of fused-ring (bicyclic) bond motifs is 2. The maximum atomic E-state index is 12.9. The molecule has 1 aliphatic rings. The van der Waals surface area contributed by atoms with E-state index < -0.39 is 0 Å². The highest BCUT2D eigenvalue weighted by atomic mass is 32.1. The van der Waals surface area contributed by atoms with Crippen LogP contribution < -0.4 is 14.8 Å². The summed E-state index contributed by atoms with van der Waals surface area (Å²) in [5.74, 6) is 1.23. The van der Waals surface area contributed by atoms with Crippen LogP contribution in [0.5, 0.6) is 11.5 Å². The summed E-state index contributed by atoms with van der Waals surface area (Å²) in [7, 11) is 0. The molecule has 6 nitrogen and oxygen atoms in total. The molecule has 35 heavy (non-hydrogen) atoms. The van der Waals surface area contributed by atoms with E-state index in [-0.39, 0.29) is 12.5 Å². The van der Waals surface area contributed by atoms with Crippen molar-refractivity contribution < 1.29 is 14.3 Å². The fourth-order valence-electron chi connectivity index (χ4n) is 4.27. The normalized spacial score (nSPS) is 13.7. The quantitative estimate of drug-likeness (QED) is 0.307. The molecule has 0 bridgehead atoms. The molecule has 1 N–H and O–H groups in total. The van der Waals surface area contributed by atoms with Crippen molar-refractivity contribution in [3.63, 3.8) is 0 Å². The monoisotopic (exact) mass is 507 g/mol. The van der Waals surface area contributed by atoms with E-state index in [1.54, 1.807) is 22.7 Å². The smallest absolute Gasteiger partial charge is 0.262 e. The van der Waals surface area contributed by atoms with Gasteiger partial charge in [-0.2, -0.15) is 0 Å². The number of para-hydroxylation sites is 1. The molecule has 182 valence electrons. The van der Waals surface area contributed by atoms with E-state index in [0.29, 0.717) is 18.4 Å². The summed E-state index contributed by atoms with van der Waals surface area (Å²) < 4.78 is 12.3. The average molecular weight is 508 g/mol. The fraction of sp³-hybridized carbons (Fsp3) is 0.333. The highest BCUT2D eigenvalue weighted by Crippen LogP contribution is 2.45. The van der Waals surface area contributed by atoms with Gasteiger partial charge in [-0.1, -0.05) is 12.1 Å². The van der Waals surface area contributed by atoms with Gasteiger partial charge in [0, 0.05) is 29.6 Å². The van der Waals surface area contributed by atoms with Gasteiger partial charge in [0.2, 0.25) is 0 Å². The minimum atomic E-state index is -0.180. The molecule has 0 unspecified atom stereocenters. The van der Waals surface area contributed by atoms with E-state index in [0.717, 1.165) is 51.0 Å². The molecule has 8 heteroatoms. The number of anilines is 1. The topological polar surface area (TPSA) is 63.7 Å². The summed E-state index contributed by atoms with van der Waals surface area (Å²) in [5, 5.41) is 4.96. The number of hydrogen-bond donors (Lipinski definition) is 1. The third-order valence-corrected chi connectivity index (χ3v) is 8.27. The van der Waals surface area contributed by atoms with Gasteiger partial charge in [0.15, 0.2) is 6.61 Å². The van der Waals surface area contributed by atoms with Crippen molar-refractivity contribution in [3.8, 4) is 22.1 Å². The first-order valence-electron chi connectivity index (χ1n) is 11.9. The number of benzene rings is 2. The van der Waals surface area contributed by atoms with Gasteiger partial charge < -0.3 is 14.8 Å². The van der Waals surface area contributed by atoms with E-state index in [1.807, 2.05) is 49.4 Å². The van der Waals surface area contributed by atoms with Crippen molar-refractivity contribution in [1.29, 1.82) is 0 Å². The van der Waals surface area contributed by atoms with Gasteiger partial charge in [0.1, 0.15) is 21.5 Å². The first kappa shape index (κ1) is 23.8. The van der Waals surface area contributed by atoms with Crippen LogP contribution >= 0.6 is 22.7 Å². The highest BCUT2D eigenvalue weighted by Gasteiger charge is 2.28. The fourth-order valence-corrected chi connectivity index (χ4v) is 6.67. The maximum Gasteiger partial charge on any atom is 0.262 e. The Hall–Kier alpha value is -2.94. The van der Waals surface area contributed by atoms with Crippen molar-refractivity contribution >= 4 is 43.8 Å². The predicted molar refractivity (Wildman–Crippen MR) is 144 cm³/mol. The van der Waals surface area contributed by atoms with Crippen molar-refractivity contribution in [2.75, 3.05) is 25.1 Å². The molecule has 0 radical (unpaired) electrons. The number of nitrogens with one attached hydrogen (secondary N) is 1. The molecule has 1 amide bonds. The molecule has 2 aromatic carbocycles. The molecule has 2 aromatic heterocycles. The number of amides is 1. The van der Waals surface area contributed by atoms with E-state index in [9.17, 15) is 4.79 Å². The first-order chi connectivity index (χ1) is 17.0. The molecular weight excluding hydrogens is 478 g/mol. The number of rotatable bonds is 8. The van der Waals surface area contributed by atoms with E-state index in [1.165, 1.54) is 10.4 Å². The van der Waals surface area contributed by atoms with Crippen LogP contribution in [0, 0.1) is 0 Å². The summed E-state index contributed by atoms with van der Waals surface area (Å²) in [5.41, 5.74) is 3.38. The van der Waals surface area contributed by atoms with Crippen LogP contribution in [0.1, 0.15) is 31.2 Å². The summed E-state index contributed by atoms with van der Waals surface area (Å²) >= 11 is 3.35. The molecule has 1 aliphatic heterocycles. The van der Waals surface area contributed by atoms with Gasteiger partial charge in [-0.3, -0.25) is 9.69 Å². The van der Waals surface area contributed by atoms with Crippen molar-refractivity contribution in [2.24, 2.45) is 0 Å². The number of carbonyl (C=O) groups excluding carboxylic acids is 1. The van der Waals surface area contributed by atoms with Crippen LogP contribution in [-0.4, -0.2) is 41.6 Å². The molecule has 4 aromatic rings. The Morgan fingerprint density at radius 2 is 1.83 bits per heavy atom. The minimum Gasteiger partial charge on any atom is -0.494 e. The molecule has 0 aliphatic carbocycles. The second kappa shape index (κ2) is 10.4. The number of hydrogen-bond acceptors (Lipinski definition) is 7. The number of nitrogens with zero attached hydrogens (tertiary/aromatic N) is 2. The Morgan fingerprint density at radius 1 is 1.09 bits per heavy atom. The van der Waals surface area contributed by atoms with Crippen LogP contribution in [-0.2, 0) is 17.8 Å². The van der Waals surface area contributed by atoms with E-state index >= 15 is 0 Å². The van der Waals surface area contributed by atoms with Crippen LogP contribution in [0.4, 0.5) is 5.00 Å². The second-order valence-electron chi connectivity index (χ2n) is 8.75. The third-order valence-electron chi connectivity index (χ3n) is 6.08. The number of carbonyl (C=O) groups is 1. The van der Waals surface area contributed by atoms with Crippen molar-refractivity contribution in [3.05, 3.63) is 59.0 Å². The standard InChI is InChI=1S/C27H29N3O3S2/c1-4-32-18-9-11-19(12-10-18)33-16-24(31)29-27-25(26-28-21-7-5-6-8-22(21)34-26)20-13-14-30(17(2)3)15-23(20)35-27/h5-12,17H,4,13-16H2,1-3H3,(H,29,31). The third kappa shape index (κ3) is 5.19. The lowest BCUT2D eigenvalue weighted by atomic mass is 10.0. The maximum absolute atomic E-state index is 12.9. The van der Waals surface area contributed by atoms with Gasteiger partial charge in [0.25, 0.3) is 5.91 Å². The number of ether oxygens (including phenoxy) is 2. The van der Waals surface area contributed by atoms with E-state index in [2.05, 4.69) is 30.1 Å². The Morgan fingerprint density at radius 3 is 2.54 bits per heavy atom. The Balaban J connectivity index is 1.39. The van der Waals surface area contributed by atoms with Crippen LogP contribution in [0.3, 0.4) is 0 Å². The number of thiazole rings is 1. The molecule has 0 saturated carbocycles. The highest BCUT2D eigenvalue weighted by molar-refractivity contribution is 7.22. The predicted octanol–water partition coefficient (Wildman–Crippen LogP) is 6.21. The van der Waals surface area contributed by atoms with Crippen molar-refractivity contribution in [2.45, 2.75) is 39.8 Å². The second-order valence-corrected chi connectivity index (χ2v) is 10.9. The summed E-state index contributed by atoms with van der Waals surface area (Å²) in [4.78, 5) is 21.6. The van der Waals surface area contributed by atoms with Crippen molar-refractivity contribution in [1.82, 2.24) is 9.88 Å². The Labute approximate surface area is 213 Å². The SMILES string of the molecule is CCOc1ccc(OCC(=O)Nc2sc3c(c2-c2nc4ccccc4s2)CCN(C(C)C)C3)cc1. The lowest BCUT2D eigenvalue weighted by Crippen LogP contribution is -2.35. The molecule has 5 rings (SSSR count). The average Bonchev–Trinajstić information content (AvgIpc) is 3.43. The van der Waals surface area contributed by atoms with Crippen LogP contribution in [0.15, 0.2) is 48.5 Å². The summed E-state index contributed by atoms with van der Waals surface area (Å²) in [6.45, 7) is 8.86. The zero-order valence-corrected chi connectivity index (χ0v) is 21.8. The zero-order valence-electron chi connectivity index (χ0n) is 20.2. The Bertz CT molecular complexity index is 1290. The van der Waals surface area contributed by atoms with Gasteiger partial charge >= 0.3 is 0 Å². The summed E-state index contributed by atoms with van der Waals surface area (Å²) in [6, 6.07) is 16.0. The lowest BCUT2D eigenvalue weighted by Gasteiger charge is -2.30. The largest absolute Gasteiger partial charge is 0.494 e. The van der Waals surface area contributed by atoms with E-state index in [4.69, 9.17) is 14.5 Å². The van der Waals surface area contributed by atoms with Gasteiger partial charge in [0.05, 0.1) is 16.8 Å².